The number of nitrogens with one attached hydrogen (secondary N) is 1. The van der Waals surface area contributed by atoms with Crippen molar-refractivity contribution in [2.45, 2.75) is 70.9 Å². The van der Waals surface area contributed by atoms with E-state index in [1.165, 1.54) is 0 Å². The molecule has 0 amide bonds. The van der Waals surface area contributed by atoms with E-state index >= 15 is 0 Å². The van der Waals surface area contributed by atoms with E-state index in [0.29, 0.717) is 42.9 Å². The lowest BCUT2D eigenvalue weighted by atomic mass is 9.46. The fraction of sp³-hybridized carbons (Fsp3) is 0.640. The van der Waals surface area contributed by atoms with Crippen LogP contribution in [0.4, 0.5) is 4.39 Å². The first-order valence-corrected chi connectivity index (χ1v) is 11.9. The number of rotatable bonds is 3. The van der Waals surface area contributed by atoms with Crippen molar-refractivity contribution in [1.29, 1.82) is 0 Å². The molecule has 0 saturated heterocycles. The lowest BCUT2D eigenvalue weighted by Crippen LogP contribution is -2.61. The van der Waals surface area contributed by atoms with Crippen LogP contribution in [0.25, 0.3) is 0 Å². The maximum Gasteiger partial charge on any atom is 0.328 e. The zero-order valence-corrected chi connectivity index (χ0v) is 19.4. The van der Waals surface area contributed by atoms with Crippen LogP contribution in [0, 0.1) is 34.4 Å². The van der Waals surface area contributed by atoms with E-state index < -0.39 is 40.4 Å². The molecule has 6 unspecified atom stereocenters. The number of aromatic nitrogens is 2. The summed E-state index contributed by atoms with van der Waals surface area (Å²) in [5.74, 6) is -2.25. The highest BCUT2D eigenvalue weighted by Crippen LogP contribution is 2.66. The Balaban J connectivity index is 1.49. The van der Waals surface area contributed by atoms with Gasteiger partial charge in [-0.3, -0.25) is 23.7 Å². The molecule has 4 aliphatic carbocycles. The third kappa shape index (κ3) is 2.95. The largest absolute Gasteiger partial charge is 0.381 e. The predicted molar refractivity (Wildman–Crippen MR) is 118 cm³/mol. The molecule has 182 valence electrons. The summed E-state index contributed by atoms with van der Waals surface area (Å²) in [6, 6.07) is 0. The Bertz CT molecular complexity index is 1260. The Morgan fingerprint density at radius 1 is 1.18 bits per heavy atom. The molecule has 2 N–H and O–H groups in total. The summed E-state index contributed by atoms with van der Waals surface area (Å²) >= 11 is 0. The van der Waals surface area contributed by atoms with Crippen LogP contribution < -0.4 is 11.2 Å². The molecule has 9 heteroatoms. The molecule has 34 heavy (non-hydrogen) atoms. The number of aliphatic hydroxyl groups is 1. The number of aromatic amines is 1. The summed E-state index contributed by atoms with van der Waals surface area (Å²) in [5, 5.41) is 11.7. The van der Waals surface area contributed by atoms with Crippen LogP contribution in [0.15, 0.2) is 27.4 Å². The smallest absolute Gasteiger partial charge is 0.328 e. The minimum Gasteiger partial charge on any atom is -0.381 e. The van der Waals surface area contributed by atoms with Gasteiger partial charge in [0, 0.05) is 30.4 Å². The Morgan fingerprint density at radius 3 is 2.65 bits per heavy atom. The van der Waals surface area contributed by atoms with Gasteiger partial charge in [0.25, 0.3) is 5.56 Å². The topological polar surface area (TPSA) is 126 Å². The van der Waals surface area contributed by atoms with Gasteiger partial charge in [-0.1, -0.05) is 19.4 Å². The quantitative estimate of drug-likeness (QED) is 0.689. The molecule has 1 heterocycles. The number of H-pyrrole nitrogens is 1. The van der Waals surface area contributed by atoms with Crippen molar-refractivity contribution in [3.8, 4) is 0 Å². The molecular weight excluding hydrogens is 443 g/mol. The number of allylic oxidation sites excluding steroid dienone is 1. The van der Waals surface area contributed by atoms with E-state index in [4.69, 9.17) is 0 Å². The van der Waals surface area contributed by atoms with Gasteiger partial charge < -0.3 is 10.1 Å². The molecule has 1 aromatic rings. The Hall–Kier alpha value is -2.68. The van der Waals surface area contributed by atoms with E-state index in [1.807, 2.05) is 0 Å². The minimum absolute atomic E-state index is 0.00625. The minimum atomic E-state index is -1.91. The molecule has 0 spiro atoms. The third-order valence-electron chi connectivity index (χ3n) is 9.59. The Morgan fingerprint density at radius 2 is 1.91 bits per heavy atom. The third-order valence-corrected chi connectivity index (χ3v) is 9.59. The van der Waals surface area contributed by atoms with Crippen molar-refractivity contribution < 1.29 is 23.9 Å². The standard InChI is InChI=1S/C25H29FN2O6/c1-23-7-5-14(29)9-13(23)3-4-15-16-6-8-25(34,24(16,2)10-18(30)20(15)23)19(31)12-28-21(32)17(26)11-27-22(28)33/h9,11,15-16,20,34H,3-8,10,12H2,1-2H3,(H,27,33). The fourth-order valence-corrected chi connectivity index (χ4v) is 7.75. The fourth-order valence-electron chi connectivity index (χ4n) is 7.75. The van der Waals surface area contributed by atoms with E-state index in [-0.39, 0.29) is 47.6 Å². The van der Waals surface area contributed by atoms with Crippen molar-refractivity contribution in [1.82, 2.24) is 9.55 Å². The molecule has 3 saturated carbocycles. The highest BCUT2D eigenvalue weighted by atomic mass is 19.1. The highest BCUT2D eigenvalue weighted by Gasteiger charge is 2.68. The van der Waals surface area contributed by atoms with Crippen molar-refractivity contribution in [3.05, 3.63) is 44.5 Å². The number of ketones is 3. The normalized spacial score (nSPS) is 39.2. The van der Waals surface area contributed by atoms with Crippen molar-refractivity contribution in [3.63, 3.8) is 0 Å². The van der Waals surface area contributed by atoms with Gasteiger partial charge in [-0.05, 0) is 55.4 Å². The number of carbonyl (C=O) groups excluding carboxylic acids is 3. The maximum atomic E-state index is 13.7. The Kier molecular flexibility index (Phi) is 5.03. The summed E-state index contributed by atoms with van der Waals surface area (Å²) < 4.78 is 14.2. The van der Waals surface area contributed by atoms with Gasteiger partial charge in [0.15, 0.2) is 11.6 Å². The number of hydrogen-bond acceptors (Lipinski definition) is 6. The van der Waals surface area contributed by atoms with Crippen LogP contribution in [0.1, 0.15) is 58.8 Å². The number of fused-ring (bicyclic) bond motifs is 5. The van der Waals surface area contributed by atoms with Crippen molar-refractivity contribution >= 4 is 17.3 Å². The van der Waals surface area contributed by atoms with Crippen molar-refractivity contribution in [2.24, 2.45) is 28.6 Å². The van der Waals surface area contributed by atoms with Crippen LogP contribution >= 0.6 is 0 Å². The van der Waals surface area contributed by atoms with Crippen LogP contribution in [0.5, 0.6) is 0 Å². The number of hydrogen-bond donors (Lipinski definition) is 2. The van der Waals surface area contributed by atoms with Gasteiger partial charge in [-0.15, -0.1) is 0 Å². The summed E-state index contributed by atoms with van der Waals surface area (Å²) in [7, 11) is 0. The average molecular weight is 473 g/mol. The maximum absolute atomic E-state index is 13.7. The first-order valence-electron chi connectivity index (χ1n) is 11.9. The summed E-state index contributed by atoms with van der Waals surface area (Å²) in [4.78, 5) is 65.3. The summed E-state index contributed by atoms with van der Waals surface area (Å²) in [6.45, 7) is 3.06. The van der Waals surface area contributed by atoms with E-state index in [0.717, 1.165) is 5.57 Å². The zero-order chi connectivity index (χ0) is 24.6. The second kappa shape index (κ2) is 7.41. The highest BCUT2D eigenvalue weighted by molar-refractivity contribution is 5.94. The first-order chi connectivity index (χ1) is 15.9. The lowest BCUT2D eigenvalue weighted by molar-refractivity contribution is -0.169. The second-order valence-electron chi connectivity index (χ2n) is 11.1. The number of Topliss-reactive ketones (excluding diaryl/α,β-unsaturated/α-hetero) is 2. The monoisotopic (exact) mass is 472 g/mol. The molecule has 0 aromatic carbocycles. The van der Waals surface area contributed by atoms with Gasteiger partial charge in [-0.25, -0.2) is 4.79 Å². The lowest BCUT2D eigenvalue weighted by Gasteiger charge is -2.57. The van der Waals surface area contributed by atoms with Crippen LogP contribution in [0.2, 0.25) is 0 Å². The molecule has 3 fully saturated rings. The van der Waals surface area contributed by atoms with Gasteiger partial charge in [0.2, 0.25) is 5.82 Å². The summed E-state index contributed by atoms with van der Waals surface area (Å²) in [5.41, 5.74) is -4.47. The first kappa shape index (κ1) is 23.1. The average Bonchev–Trinajstić information content (AvgIpc) is 3.05. The van der Waals surface area contributed by atoms with E-state index in [2.05, 4.69) is 11.9 Å². The SMILES string of the molecule is CC12CCC(=O)C=C1CCC1C2C(=O)CC2(C)C1CCC2(O)C(=O)Cn1c(=O)[nH]cc(F)c1=O. The second-order valence-corrected chi connectivity index (χ2v) is 11.1. The molecule has 0 bridgehead atoms. The zero-order valence-electron chi connectivity index (χ0n) is 19.4. The summed E-state index contributed by atoms with van der Waals surface area (Å²) in [6.07, 6.45) is 5.47. The van der Waals surface area contributed by atoms with Gasteiger partial charge in [-0.2, -0.15) is 4.39 Å². The number of carbonyl (C=O) groups is 3. The molecule has 8 nitrogen and oxygen atoms in total. The van der Waals surface area contributed by atoms with Crippen LogP contribution in [0.3, 0.4) is 0 Å². The molecular formula is C25H29FN2O6. The van der Waals surface area contributed by atoms with Crippen LogP contribution in [-0.4, -0.2) is 37.6 Å². The number of halogens is 1. The predicted octanol–water partition coefficient (Wildman–Crippen LogP) is 1.69. The van der Waals surface area contributed by atoms with E-state index in [1.54, 1.807) is 13.0 Å². The Labute approximate surface area is 195 Å². The number of nitrogens with zero attached hydrogens (tertiary/aromatic N) is 1. The van der Waals surface area contributed by atoms with Crippen LogP contribution in [-0.2, 0) is 20.9 Å². The van der Waals surface area contributed by atoms with Crippen molar-refractivity contribution in [2.75, 3.05) is 0 Å². The molecule has 4 aliphatic rings. The van der Waals surface area contributed by atoms with Gasteiger partial charge >= 0.3 is 5.69 Å². The molecule has 1 aromatic heterocycles. The van der Waals surface area contributed by atoms with Gasteiger partial charge in [0.05, 0.1) is 6.54 Å². The molecule has 0 aliphatic heterocycles. The molecule has 5 rings (SSSR count). The molecule has 6 atom stereocenters. The molecule has 0 radical (unpaired) electrons. The van der Waals surface area contributed by atoms with E-state index in [9.17, 15) is 33.5 Å². The van der Waals surface area contributed by atoms with Gasteiger partial charge in [0.1, 0.15) is 11.4 Å².